The molecule has 0 spiro atoms. The van der Waals surface area contributed by atoms with E-state index < -0.39 is 0 Å². The Hall–Kier alpha value is -6.33. The molecule has 0 bridgehead atoms. The van der Waals surface area contributed by atoms with Crippen molar-refractivity contribution in [1.82, 2.24) is 9.55 Å². The van der Waals surface area contributed by atoms with Crippen molar-refractivity contribution in [1.29, 1.82) is 0 Å². The van der Waals surface area contributed by atoms with E-state index in [-0.39, 0.29) is 16.2 Å². The van der Waals surface area contributed by atoms with E-state index in [1.807, 2.05) is 6.20 Å². The summed E-state index contributed by atoms with van der Waals surface area (Å²) in [6, 6.07) is 52.7. The summed E-state index contributed by atoms with van der Waals surface area (Å²) in [6.07, 6.45) is 1.94. The number of rotatable bonds is 7. The van der Waals surface area contributed by atoms with E-state index in [4.69, 9.17) is 9.72 Å². The highest BCUT2D eigenvalue weighted by Gasteiger charge is 2.29. The molecule has 0 saturated carbocycles. The summed E-state index contributed by atoms with van der Waals surface area (Å²) in [4.78, 5) is 9.83. The number of anilines is 3. The molecule has 0 unspecified atom stereocenters. The summed E-state index contributed by atoms with van der Waals surface area (Å²) in [5.74, 6) is 2.48. The predicted molar refractivity (Wildman–Crippen MR) is 253 cm³/mol. The molecule has 0 saturated heterocycles. The molecule has 1 aliphatic heterocycles. The minimum Gasteiger partial charge on any atom is -0.457 e. The van der Waals surface area contributed by atoms with Gasteiger partial charge < -0.3 is 14.5 Å². The van der Waals surface area contributed by atoms with Crippen molar-refractivity contribution in [2.24, 2.45) is 0 Å². The van der Waals surface area contributed by atoms with E-state index in [1.165, 1.54) is 55.5 Å². The highest BCUT2D eigenvalue weighted by atomic mass is 16.5. The van der Waals surface area contributed by atoms with E-state index in [1.54, 1.807) is 0 Å². The van der Waals surface area contributed by atoms with E-state index in [0.717, 1.165) is 47.3 Å². The molecule has 8 aromatic rings. The third-order valence-electron chi connectivity index (χ3n) is 12.0. The summed E-state index contributed by atoms with van der Waals surface area (Å²) in [5, 5.41) is 2.39. The van der Waals surface area contributed by atoms with Gasteiger partial charge in [-0.1, -0.05) is 135 Å². The minimum absolute atomic E-state index is 0.00167. The first kappa shape index (κ1) is 39.1. The summed E-state index contributed by atoms with van der Waals surface area (Å²) in [6.45, 7) is 22.0. The molecule has 6 aromatic carbocycles. The van der Waals surface area contributed by atoms with E-state index in [0.29, 0.717) is 0 Å². The summed E-state index contributed by atoms with van der Waals surface area (Å²) < 4.78 is 9.07. The number of nitrogens with zero attached hydrogens (tertiary/aromatic N) is 4. The van der Waals surface area contributed by atoms with Gasteiger partial charge in [-0.3, -0.25) is 4.57 Å². The molecule has 60 heavy (non-hydrogen) atoms. The van der Waals surface area contributed by atoms with Crippen molar-refractivity contribution in [2.75, 3.05) is 16.5 Å². The van der Waals surface area contributed by atoms with Crippen molar-refractivity contribution in [2.45, 2.75) is 85.1 Å². The molecule has 0 fully saturated rings. The number of para-hydroxylation sites is 2. The smallest absolute Gasteiger partial charge is 0.137 e. The second-order valence-corrected chi connectivity index (χ2v) is 19.5. The van der Waals surface area contributed by atoms with Crippen molar-refractivity contribution in [3.63, 3.8) is 0 Å². The van der Waals surface area contributed by atoms with Gasteiger partial charge in [0, 0.05) is 41.3 Å². The van der Waals surface area contributed by atoms with Crippen LogP contribution in [0.15, 0.2) is 152 Å². The average Bonchev–Trinajstić information content (AvgIpc) is 3.75. The van der Waals surface area contributed by atoms with Gasteiger partial charge in [0.15, 0.2) is 0 Å². The quantitative estimate of drug-likeness (QED) is 0.161. The van der Waals surface area contributed by atoms with Crippen LogP contribution in [-0.2, 0) is 22.8 Å². The molecule has 0 atom stereocenters. The van der Waals surface area contributed by atoms with E-state index in [2.05, 4.69) is 222 Å². The second kappa shape index (κ2) is 14.7. The van der Waals surface area contributed by atoms with Crippen LogP contribution in [0.3, 0.4) is 0 Å². The number of fused-ring (bicyclic) bond motifs is 4. The predicted octanol–water partition coefficient (Wildman–Crippen LogP) is 14.6. The summed E-state index contributed by atoms with van der Waals surface area (Å²) >= 11 is 0. The van der Waals surface area contributed by atoms with Crippen LogP contribution in [0.5, 0.6) is 11.5 Å². The van der Waals surface area contributed by atoms with Gasteiger partial charge in [0.1, 0.15) is 17.3 Å². The molecule has 5 heteroatoms. The molecule has 0 amide bonds. The van der Waals surface area contributed by atoms with Crippen molar-refractivity contribution in [3.05, 3.63) is 174 Å². The fourth-order valence-corrected chi connectivity index (χ4v) is 8.78. The number of hydrogen-bond donors (Lipinski definition) is 0. The molecule has 1 aliphatic rings. The first-order valence-electron chi connectivity index (χ1n) is 21.3. The Morgan fingerprint density at radius 3 is 2.00 bits per heavy atom. The Morgan fingerprint density at radius 2 is 1.25 bits per heavy atom. The zero-order valence-electron chi connectivity index (χ0n) is 36.5. The first-order valence-corrected chi connectivity index (χ1v) is 21.3. The Kier molecular flexibility index (Phi) is 9.62. The maximum absolute atomic E-state index is 6.78. The lowest BCUT2D eigenvalue weighted by Crippen LogP contribution is -2.28. The molecular weight excluding hydrogens is 733 g/mol. The van der Waals surface area contributed by atoms with Gasteiger partial charge in [-0.05, 0) is 110 Å². The number of ether oxygens (including phenoxy) is 1. The van der Waals surface area contributed by atoms with Gasteiger partial charge in [-0.2, -0.15) is 0 Å². The van der Waals surface area contributed by atoms with Gasteiger partial charge in [-0.25, -0.2) is 4.98 Å². The number of aromatic nitrogens is 2. The van der Waals surface area contributed by atoms with Crippen LogP contribution < -0.4 is 14.5 Å². The van der Waals surface area contributed by atoms with Crippen LogP contribution in [0.1, 0.15) is 84.6 Å². The normalized spacial score (nSPS) is 13.3. The molecule has 302 valence electrons. The van der Waals surface area contributed by atoms with Crippen LogP contribution in [0.4, 0.5) is 17.1 Å². The first-order chi connectivity index (χ1) is 28.6. The number of benzene rings is 6. The molecule has 3 heterocycles. The third-order valence-corrected chi connectivity index (χ3v) is 12.0. The fourth-order valence-electron chi connectivity index (χ4n) is 8.78. The van der Waals surface area contributed by atoms with Gasteiger partial charge in [-0.15, -0.1) is 0 Å². The number of hydrogen-bond acceptors (Lipinski definition) is 4. The largest absolute Gasteiger partial charge is 0.457 e. The molecule has 5 nitrogen and oxygen atoms in total. The Bertz CT molecular complexity index is 2870. The second-order valence-electron chi connectivity index (χ2n) is 19.5. The summed E-state index contributed by atoms with van der Waals surface area (Å²) in [7, 11) is 0. The molecule has 2 aromatic heterocycles. The lowest BCUT2D eigenvalue weighted by atomic mass is 9.80. The van der Waals surface area contributed by atoms with Gasteiger partial charge >= 0.3 is 0 Å². The third kappa shape index (κ3) is 7.31. The topological polar surface area (TPSA) is 33.5 Å². The minimum atomic E-state index is -0.00946. The monoisotopic (exact) mass is 788 g/mol. The van der Waals surface area contributed by atoms with Gasteiger partial charge in [0.2, 0.25) is 0 Å². The van der Waals surface area contributed by atoms with Gasteiger partial charge in [0.05, 0.1) is 29.1 Å². The lowest BCUT2D eigenvalue weighted by Gasteiger charge is -2.28. The van der Waals surface area contributed by atoms with Crippen molar-refractivity contribution in [3.8, 4) is 28.4 Å². The van der Waals surface area contributed by atoms with Crippen LogP contribution in [0, 0.1) is 0 Å². The summed E-state index contributed by atoms with van der Waals surface area (Å²) in [5.41, 5.74) is 13.5. The number of pyridine rings is 1. The van der Waals surface area contributed by atoms with E-state index >= 15 is 0 Å². The Morgan fingerprint density at radius 1 is 0.550 bits per heavy atom. The maximum atomic E-state index is 6.78. The molecule has 0 N–H and O–H groups in total. The fraction of sp³-hybridized carbons (Fsp3) is 0.255. The Balaban J connectivity index is 1.06. The van der Waals surface area contributed by atoms with Crippen LogP contribution in [0.25, 0.3) is 38.8 Å². The molecule has 0 radical (unpaired) electrons. The van der Waals surface area contributed by atoms with Gasteiger partial charge in [0.25, 0.3) is 0 Å². The highest BCUT2D eigenvalue weighted by molar-refractivity contribution is 6.09. The standard InChI is InChI=1S/C55H56N4O/c1-53(2,3)39-25-28-47-45(31-39)44-27-26-43(34-50(44)59(47)51-32-40(29-30-56-51)54(4,5)6)60-42-21-16-20-41(33-42)58-36-57(48-23-13-14-24-49(48)58)35-38-19-15-22-46(55(7,8)9)52(38)37-17-11-10-12-18-37/h10-34H,35-36H2,1-9H3. The molecular formula is C55H56N4O. The Labute approximate surface area is 355 Å². The maximum Gasteiger partial charge on any atom is 0.137 e. The van der Waals surface area contributed by atoms with Crippen LogP contribution >= 0.6 is 0 Å². The van der Waals surface area contributed by atoms with Crippen molar-refractivity contribution < 1.29 is 4.74 Å². The van der Waals surface area contributed by atoms with Crippen LogP contribution in [-0.4, -0.2) is 16.2 Å². The molecule has 9 rings (SSSR count). The lowest BCUT2D eigenvalue weighted by molar-refractivity contribution is 0.483. The van der Waals surface area contributed by atoms with Crippen LogP contribution in [0.2, 0.25) is 0 Å². The SMILES string of the molecule is CC(C)(C)c1ccnc(-n2c3ccc(C(C)(C)C)cc3c3ccc(Oc4cccc(N5CN(Cc6cccc(C(C)(C)C)c6-c6ccccc6)c6ccccc65)c4)cc32)c1. The van der Waals surface area contributed by atoms with E-state index in [9.17, 15) is 0 Å². The molecule has 0 aliphatic carbocycles. The van der Waals surface area contributed by atoms with Crippen molar-refractivity contribution >= 4 is 38.9 Å². The zero-order chi connectivity index (χ0) is 42.0. The highest BCUT2D eigenvalue weighted by Crippen LogP contribution is 2.44. The zero-order valence-corrected chi connectivity index (χ0v) is 36.5. The average molecular weight is 789 g/mol.